The van der Waals surface area contributed by atoms with Gasteiger partial charge in [0.1, 0.15) is 0 Å². The Balaban J connectivity index is 1.80. The van der Waals surface area contributed by atoms with E-state index in [1.807, 2.05) is 0 Å². The number of aliphatic carboxylic acids is 1. The fraction of sp³-hybridized carbons (Fsp3) is 0.846. The minimum Gasteiger partial charge on any atom is -0.481 e. The standard InChI is InChI=1S/C13H23N3O3/c14-7-9-4-5-16(8-9)13(19)15-11-3-1-2-10(6-11)12(17)18/h9-11H,1-8,14H2,(H,15,19)(H,17,18). The molecule has 6 nitrogen and oxygen atoms in total. The monoisotopic (exact) mass is 269 g/mol. The number of hydrogen-bond acceptors (Lipinski definition) is 3. The summed E-state index contributed by atoms with van der Waals surface area (Å²) in [6.07, 6.45) is 3.99. The molecule has 4 N–H and O–H groups in total. The Morgan fingerprint density at radius 2 is 2.11 bits per heavy atom. The number of nitrogens with two attached hydrogens (primary N) is 1. The molecule has 2 rings (SSSR count). The largest absolute Gasteiger partial charge is 0.481 e. The van der Waals surface area contributed by atoms with Gasteiger partial charge < -0.3 is 21.1 Å². The van der Waals surface area contributed by atoms with Crippen molar-refractivity contribution in [1.82, 2.24) is 10.2 Å². The van der Waals surface area contributed by atoms with Gasteiger partial charge in [0.2, 0.25) is 0 Å². The highest BCUT2D eigenvalue weighted by molar-refractivity contribution is 5.75. The van der Waals surface area contributed by atoms with Crippen molar-refractivity contribution in [2.45, 2.75) is 38.1 Å². The number of likely N-dealkylation sites (tertiary alicyclic amines) is 1. The molecule has 0 aromatic heterocycles. The summed E-state index contributed by atoms with van der Waals surface area (Å²) in [6.45, 7) is 2.09. The van der Waals surface area contributed by atoms with E-state index in [2.05, 4.69) is 5.32 Å². The van der Waals surface area contributed by atoms with E-state index in [4.69, 9.17) is 10.8 Å². The van der Waals surface area contributed by atoms with E-state index < -0.39 is 5.97 Å². The molecular formula is C13H23N3O3. The summed E-state index contributed by atoms with van der Waals surface area (Å²) in [7, 11) is 0. The van der Waals surface area contributed by atoms with E-state index in [0.29, 0.717) is 18.9 Å². The topological polar surface area (TPSA) is 95.7 Å². The number of carbonyl (C=O) groups excluding carboxylic acids is 1. The third kappa shape index (κ3) is 3.59. The van der Waals surface area contributed by atoms with Crippen LogP contribution in [-0.4, -0.2) is 47.7 Å². The highest BCUT2D eigenvalue weighted by atomic mass is 16.4. The van der Waals surface area contributed by atoms with Crippen LogP contribution in [0.15, 0.2) is 0 Å². The second-order valence-corrected chi connectivity index (χ2v) is 5.68. The van der Waals surface area contributed by atoms with Crippen LogP contribution >= 0.6 is 0 Å². The number of nitrogens with zero attached hydrogens (tertiary/aromatic N) is 1. The van der Waals surface area contributed by atoms with Gasteiger partial charge in [-0.1, -0.05) is 6.42 Å². The maximum Gasteiger partial charge on any atom is 0.317 e. The molecule has 19 heavy (non-hydrogen) atoms. The fourth-order valence-corrected chi connectivity index (χ4v) is 3.02. The maximum atomic E-state index is 12.1. The van der Waals surface area contributed by atoms with Gasteiger partial charge in [0.15, 0.2) is 0 Å². The molecule has 3 atom stereocenters. The first-order valence-electron chi connectivity index (χ1n) is 7.08. The van der Waals surface area contributed by atoms with Gasteiger partial charge >= 0.3 is 12.0 Å². The fourth-order valence-electron chi connectivity index (χ4n) is 3.02. The van der Waals surface area contributed by atoms with E-state index in [-0.39, 0.29) is 18.0 Å². The number of amides is 2. The van der Waals surface area contributed by atoms with Crippen molar-refractivity contribution in [3.8, 4) is 0 Å². The van der Waals surface area contributed by atoms with Crippen LogP contribution in [0.3, 0.4) is 0 Å². The van der Waals surface area contributed by atoms with Crippen molar-refractivity contribution in [1.29, 1.82) is 0 Å². The molecule has 2 aliphatic rings. The Morgan fingerprint density at radius 1 is 1.32 bits per heavy atom. The molecule has 0 aromatic carbocycles. The van der Waals surface area contributed by atoms with Crippen molar-refractivity contribution in [2.75, 3.05) is 19.6 Å². The normalized spacial score (nSPS) is 31.2. The van der Waals surface area contributed by atoms with Gasteiger partial charge in [-0.2, -0.15) is 0 Å². The quantitative estimate of drug-likeness (QED) is 0.700. The van der Waals surface area contributed by atoms with E-state index in [1.165, 1.54) is 0 Å². The van der Waals surface area contributed by atoms with Gasteiger partial charge in [-0.15, -0.1) is 0 Å². The summed E-state index contributed by atoms with van der Waals surface area (Å²) in [5, 5.41) is 12.0. The highest BCUT2D eigenvalue weighted by Crippen LogP contribution is 2.25. The van der Waals surface area contributed by atoms with Crippen LogP contribution in [0.5, 0.6) is 0 Å². The van der Waals surface area contributed by atoms with Crippen LogP contribution in [0.4, 0.5) is 4.79 Å². The molecule has 0 radical (unpaired) electrons. The van der Waals surface area contributed by atoms with Crippen molar-refractivity contribution < 1.29 is 14.7 Å². The summed E-state index contributed by atoms with van der Waals surface area (Å²) < 4.78 is 0. The SMILES string of the molecule is NCC1CCN(C(=O)NC2CCCC(C(=O)O)C2)C1. The molecule has 2 fully saturated rings. The Hall–Kier alpha value is -1.30. The van der Waals surface area contributed by atoms with Crippen LogP contribution in [0.25, 0.3) is 0 Å². The van der Waals surface area contributed by atoms with Crippen LogP contribution in [0, 0.1) is 11.8 Å². The molecule has 1 saturated heterocycles. The highest BCUT2D eigenvalue weighted by Gasteiger charge is 2.30. The Morgan fingerprint density at radius 3 is 2.74 bits per heavy atom. The average molecular weight is 269 g/mol. The van der Waals surface area contributed by atoms with Gasteiger partial charge in [0, 0.05) is 19.1 Å². The zero-order valence-corrected chi connectivity index (χ0v) is 11.2. The molecule has 2 amide bonds. The van der Waals surface area contributed by atoms with E-state index in [1.54, 1.807) is 4.90 Å². The summed E-state index contributed by atoms with van der Waals surface area (Å²) in [6, 6.07) is -0.0636. The van der Waals surface area contributed by atoms with Gasteiger partial charge in [-0.3, -0.25) is 4.79 Å². The molecule has 108 valence electrons. The Kier molecular flexibility index (Phi) is 4.63. The second kappa shape index (κ2) is 6.23. The third-order valence-corrected chi connectivity index (χ3v) is 4.26. The lowest BCUT2D eigenvalue weighted by atomic mass is 9.86. The summed E-state index contributed by atoms with van der Waals surface area (Å²) >= 11 is 0. The average Bonchev–Trinajstić information content (AvgIpc) is 2.88. The molecule has 3 unspecified atom stereocenters. The van der Waals surface area contributed by atoms with Crippen LogP contribution in [-0.2, 0) is 4.79 Å². The number of rotatable bonds is 3. The summed E-state index contributed by atoms with van der Waals surface area (Å²) in [5.74, 6) is -0.651. The first-order valence-corrected chi connectivity index (χ1v) is 7.08. The number of carboxylic acid groups (broad SMARTS) is 1. The van der Waals surface area contributed by atoms with Crippen LogP contribution < -0.4 is 11.1 Å². The molecule has 1 aliphatic carbocycles. The molecule has 1 saturated carbocycles. The molecule has 0 aromatic rings. The molecule has 1 heterocycles. The first kappa shape index (κ1) is 14.1. The maximum absolute atomic E-state index is 12.1. The molecule has 1 aliphatic heterocycles. The second-order valence-electron chi connectivity index (χ2n) is 5.68. The van der Waals surface area contributed by atoms with Gasteiger partial charge in [-0.25, -0.2) is 4.79 Å². The molecular weight excluding hydrogens is 246 g/mol. The Labute approximate surface area is 113 Å². The zero-order chi connectivity index (χ0) is 13.8. The van der Waals surface area contributed by atoms with Gasteiger partial charge in [0.25, 0.3) is 0 Å². The predicted molar refractivity (Wildman–Crippen MR) is 70.6 cm³/mol. The van der Waals surface area contributed by atoms with Crippen molar-refractivity contribution in [2.24, 2.45) is 17.6 Å². The minimum absolute atomic E-state index is 0.000670. The van der Waals surface area contributed by atoms with E-state index >= 15 is 0 Å². The number of carboxylic acids is 1. The molecule has 0 spiro atoms. The smallest absolute Gasteiger partial charge is 0.317 e. The summed E-state index contributed by atoms with van der Waals surface area (Å²) in [5.41, 5.74) is 5.61. The number of urea groups is 1. The van der Waals surface area contributed by atoms with Gasteiger partial charge in [0.05, 0.1) is 5.92 Å². The van der Waals surface area contributed by atoms with Crippen molar-refractivity contribution >= 4 is 12.0 Å². The lowest BCUT2D eigenvalue weighted by Crippen LogP contribution is -2.46. The lowest BCUT2D eigenvalue weighted by molar-refractivity contribution is -0.143. The first-order chi connectivity index (χ1) is 9.10. The van der Waals surface area contributed by atoms with E-state index in [0.717, 1.165) is 38.8 Å². The molecule has 0 bridgehead atoms. The Bertz CT molecular complexity index is 348. The van der Waals surface area contributed by atoms with Crippen molar-refractivity contribution in [3.63, 3.8) is 0 Å². The minimum atomic E-state index is -0.747. The van der Waals surface area contributed by atoms with Gasteiger partial charge in [-0.05, 0) is 38.1 Å². The number of nitrogens with one attached hydrogen (secondary N) is 1. The van der Waals surface area contributed by atoms with Crippen LogP contribution in [0.2, 0.25) is 0 Å². The molecule has 6 heteroatoms. The zero-order valence-electron chi connectivity index (χ0n) is 11.2. The van der Waals surface area contributed by atoms with Crippen molar-refractivity contribution in [3.05, 3.63) is 0 Å². The number of hydrogen-bond donors (Lipinski definition) is 3. The third-order valence-electron chi connectivity index (χ3n) is 4.26. The summed E-state index contributed by atoms with van der Waals surface area (Å²) in [4.78, 5) is 24.9. The van der Waals surface area contributed by atoms with E-state index in [9.17, 15) is 9.59 Å². The number of carbonyl (C=O) groups is 2. The lowest BCUT2D eigenvalue weighted by Gasteiger charge is -2.29. The predicted octanol–water partition coefficient (Wildman–Crippen LogP) is 0.620. The van der Waals surface area contributed by atoms with Crippen LogP contribution in [0.1, 0.15) is 32.1 Å².